The number of rotatable bonds is 6. The second-order valence-corrected chi connectivity index (χ2v) is 7.81. The summed E-state index contributed by atoms with van der Waals surface area (Å²) in [6, 6.07) is 15.4. The number of nitrogens with zero attached hydrogens (tertiary/aromatic N) is 3. The zero-order valence-corrected chi connectivity index (χ0v) is 18.4. The Kier molecular flexibility index (Phi) is 6.97. The number of aromatic nitrogens is 2. The average Bonchev–Trinajstić information content (AvgIpc) is 2.84. The third-order valence-electron chi connectivity index (χ3n) is 5.30. The second-order valence-electron chi connectivity index (χ2n) is 7.81. The molecule has 174 valence electrons. The largest absolute Gasteiger partial charge is 0.353 e. The number of hydrogen-bond donors (Lipinski definition) is 3. The van der Waals surface area contributed by atoms with Crippen molar-refractivity contribution in [3.05, 3.63) is 94.2 Å². The van der Waals surface area contributed by atoms with Gasteiger partial charge in [0.25, 0.3) is 5.91 Å². The van der Waals surface area contributed by atoms with Gasteiger partial charge in [0, 0.05) is 43.3 Å². The Morgan fingerprint density at radius 2 is 1.85 bits per heavy atom. The van der Waals surface area contributed by atoms with Gasteiger partial charge in [0.15, 0.2) is 0 Å². The molecule has 3 N–H and O–H groups in total. The number of hydrogen-bond acceptors (Lipinski definition) is 5. The first-order valence-electron chi connectivity index (χ1n) is 10.8. The van der Waals surface area contributed by atoms with Crippen LogP contribution in [0.5, 0.6) is 0 Å². The molecule has 0 saturated carbocycles. The van der Waals surface area contributed by atoms with E-state index in [0.717, 1.165) is 11.1 Å². The summed E-state index contributed by atoms with van der Waals surface area (Å²) in [6.07, 6.45) is 3.10. The first-order chi connectivity index (χ1) is 16.5. The predicted molar refractivity (Wildman–Crippen MR) is 125 cm³/mol. The molecule has 1 aliphatic rings. The summed E-state index contributed by atoms with van der Waals surface area (Å²) >= 11 is 0. The minimum Gasteiger partial charge on any atom is -0.353 e. The fraction of sp³-hybridized carbons (Fsp3) is 0.208. The Labute approximate surface area is 195 Å². The highest BCUT2D eigenvalue weighted by molar-refractivity contribution is 5.97. The van der Waals surface area contributed by atoms with Crippen molar-refractivity contribution in [2.75, 3.05) is 25.0 Å². The quantitative estimate of drug-likeness (QED) is 0.510. The Hall–Kier alpha value is -4.47. The highest BCUT2D eigenvalue weighted by Gasteiger charge is 2.22. The maximum Gasteiger partial charge on any atom is 0.347 e. The number of piperazine rings is 1. The number of amides is 4. The monoisotopic (exact) mass is 460 g/mol. The van der Waals surface area contributed by atoms with Gasteiger partial charge in [-0.05, 0) is 41.5 Å². The molecule has 0 radical (unpaired) electrons. The maximum atomic E-state index is 12.5. The Bertz CT molecular complexity index is 1250. The van der Waals surface area contributed by atoms with Gasteiger partial charge in [-0.1, -0.05) is 24.3 Å². The van der Waals surface area contributed by atoms with E-state index < -0.39 is 0 Å². The molecule has 0 unspecified atom stereocenters. The fourth-order valence-electron chi connectivity index (χ4n) is 3.57. The van der Waals surface area contributed by atoms with Gasteiger partial charge in [0.05, 0.1) is 13.1 Å². The van der Waals surface area contributed by atoms with Gasteiger partial charge in [-0.2, -0.15) is 0 Å². The fourth-order valence-corrected chi connectivity index (χ4v) is 3.57. The van der Waals surface area contributed by atoms with Gasteiger partial charge in [-0.25, -0.2) is 14.6 Å². The molecule has 1 saturated heterocycles. The molecule has 0 atom stereocenters. The molecule has 1 aliphatic heterocycles. The topological polar surface area (TPSA) is 125 Å². The lowest BCUT2D eigenvalue weighted by Crippen LogP contribution is -2.49. The van der Waals surface area contributed by atoms with E-state index in [2.05, 4.69) is 20.9 Å². The van der Waals surface area contributed by atoms with Crippen LogP contribution in [0.25, 0.3) is 0 Å². The van der Waals surface area contributed by atoms with Crippen LogP contribution in [0.3, 0.4) is 0 Å². The minimum atomic E-state index is -0.379. The molecule has 2 aromatic carbocycles. The Balaban J connectivity index is 1.29. The van der Waals surface area contributed by atoms with E-state index in [4.69, 9.17) is 0 Å². The van der Waals surface area contributed by atoms with Crippen LogP contribution in [0.4, 0.5) is 10.5 Å². The summed E-state index contributed by atoms with van der Waals surface area (Å²) in [6.45, 7) is 1.61. The third-order valence-corrected chi connectivity index (χ3v) is 5.30. The Morgan fingerprint density at radius 1 is 1.03 bits per heavy atom. The summed E-state index contributed by atoms with van der Waals surface area (Å²) in [5, 5.41) is 8.25. The first-order valence-corrected chi connectivity index (χ1v) is 10.8. The van der Waals surface area contributed by atoms with Crippen LogP contribution in [-0.4, -0.2) is 51.9 Å². The van der Waals surface area contributed by atoms with Crippen LogP contribution >= 0.6 is 0 Å². The summed E-state index contributed by atoms with van der Waals surface area (Å²) < 4.78 is 1.48. The van der Waals surface area contributed by atoms with Crippen molar-refractivity contribution in [3.8, 4) is 0 Å². The van der Waals surface area contributed by atoms with Crippen molar-refractivity contribution in [1.82, 2.24) is 25.1 Å². The first kappa shape index (κ1) is 22.7. The molecule has 4 amide bonds. The highest BCUT2D eigenvalue weighted by Crippen LogP contribution is 2.12. The van der Waals surface area contributed by atoms with E-state index in [-0.39, 0.29) is 36.6 Å². The van der Waals surface area contributed by atoms with Crippen LogP contribution in [0.1, 0.15) is 21.5 Å². The van der Waals surface area contributed by atoms with Crippen molar-refractivity contribution in [2.24, 2.45) is 0 Å². The van der Waals surface area contributed by atoms with Gasteiger partial charge < -0.3 is 20.9 Å². The number of anilines is 1. The van der Waals surface area contributed by atoms with E-state index in [0.29, 0.717) is 30.9 Å². The van der Waals surface area contributed by atoms with Crippen LogP contribution < -0.4 is 21.6 Å². The average molecular weight is 460 g/mol. The lowest BCUT2D eigenvalue weighted by atomic mass is 10.1. The van der Waals surface area contributed by atoms with E-state index in [1.165, 1.54) is 15.7 Å². The molecule has 0 spiro atoms. The number of benzene rings is 2. The van der Waals surface area contributed by atoms with Crippen molar-refractivity contribution in [1.29, 1.82) is 0 Å². The molecule has 3 aromatic rings. The normalized spacial score (nSPS) is 13.2. The van der Waals surface area contributed by atoms with Gasteiger partial charge in [-0.15, -0.1) is 0 Å². The highest BCUT2D eigenvalue weighted by atomic mass is 16.2. The SMILES string of the molecule is O=C1CN(C(=O)c2ccc(CNC(=O)Nc3cccc(Cn4cccnc4=O)c3)cc2)CCN1. The van der Waals surface area contributed by atoms with Crippen molar-refractivity contribution < 1.29 is 14.4 Å². The number of nitrogens with one attached hydrogen (secondary N) is 3. The minimum absolute atomic E-state index is 0.0580. The summed E-state index contributed by atoms with van der Waals surface area (Å²) in [7, 11) is 0. The molecule has 10 heteroatoms. The maximum absolute atomic E-state index is 12.5. The third kappa shape index (κ3) is 5.85. The zero-order valence-electron chi connectivity index (χ0n) is 18.4. The van der Waals surface area contributed by atoms with Gasteiger partial charge in [0.1, 0.15) is 0 Å². The number of urea groups is 1. The van der Waals surface area contributed by atoms with Crippen molar-refractivity contribution in [3.63, 3.8) is 0 Å². The van der Waals surface area contributed by atoms with Crippen LogP contribution in [0.15, 0.2) is 71.8 Å². The van der Waals surface area contributed by atoms with E-state index in [9.17, 15) is 19.2 Å². The molecule has 0 bridgehead atoms. The molecule has 34 heavy (non-hydrogen) atoms. The standard InChI is InChI=1S/C24H24N6O4/c31-21-16-29(12-10-25-21)22(32)19-7-5-17(6-8-19)14-27-23(33)28-20-4-1-3-18(13-20)15-30-11-2-9-26-24(30)34/h1-9,11,13H,10,12,14-16H2,(H,25,31)(H2,27,28,33). The summed E-state index contributed by atoms with van der Waals surface area (Å²) in [4.78, 5) is 53.4. The van der Waals surface area contributed by atoms with Crippen LogP contribution in [0, 0.1) is 0 Å². The molecule has 2 heterocycles. The van der Waals surface area contributed by atoms with Gasteiger partial charge >= 0.3 is 11.7 Å². The predicted octanol–water partition coefficient (Wildman–Crippen LogP) is 1.19. The van der Waals surface area contributed by atoms with E-state index >= 15 is 0 Å². The lowest BCUT2D eigenvalue weighted by molar-refractivity contribution is -0.123. The number of carbonyl (C=O) groups is 3. The second kappa shape index (κ2) is 10.4. The molecular weight excluding hydrogens is 436 g/mol. The van der Waals surface area contributed by atoms with Crippen LogP contribution in [0.2, 0.25) is 0 Å². The van der Waals surface area contributed by atoms with E-state index in [1.54, 1.807) is 54.7 Å². The molecule has 1 aromatic heterocycles. The van der Waals surface area contributed by atoms with E-state index in [1.807, 2.05) is 6.07 Å². The van der Waals surface area contributed by atoms with Gasteiger partial charge in [-0.3, -0.25) is 14.2 Å². The molecule has 10 nitrogen and oxygen atoms in total. The molecule has 1 fully saturated rings. The summed E-state index contributed by atoms with van der Waals surface area (Å²) in [5.74, 6) is -0.358. The van der Waals surface area contributed by atoms with Crippen molar-refractivity contribution in [2.45, 2.75) is 13.1 Å². The molecule has 4 rings (SSSR count). The van der Waals surface area contributed by atoms with Gasteiger partial charge in [0.2, 0.25) is 5.91 Å². The summed E-state index contributed by atoms with van der Waals surface area (Å²) in [5.41, 5.74) is 2.42. The van der Waals surface area contributed by atoms with Crippen molar-refractivity contribution >= 4 is 23.5 Å². The zero-order chi connectivity index (χ0) is 23.9. The Morgan fingerprint density at radius 3 is 2.62 bits per heavy atom. The smallest absolute Gasteiger partial charge is 0.347 e. The molecule has 0 aliphatic carbocycles. The molecular formula is C24H24N6O4. The van der Waals surface area contributed by atoms with Crippen LogP contribution in [-0.2, 0) is 17.9 Å². The number of carbonyl (C=O) groups excluding carboxylic acids is 3. The lowest BCUT2D eigenvalue weighted by Gasteiger charge is -2.26.